The van der Waals surface area contributed by atoms with Crippen LogP contribution in [-0.2, 0) is 9.59 Å². The Balaban J connectivity index is 2.54. The Labute approximate surface area is 106 Å². The van der Waals surface area contributed by atoms with Gasteiger partial charge in [-0.05, 0) is 24.6 Å². The van der Waals surface area contributed by atoms with E-state index in [4.69, 9.17) is 9.84 Å². The number of aliphatic carboxylic acids is 1. The molecule has 1 atom stereocenters. The van der Waals surface area contributed by atoms with Crippen LogP contribution in [0.2, 0.25) is 0 Å². The van der Waals surface area contributed by atoms with Gasteiger partial charge in [-0.25, -0.2) is 0 Å². The van der Waals surface area contributed by atoms with E-state index in [1.807, 2.05) is 12.1 Å². The molecule has 0 saturated carbocycles. The fraction of sp³-hybridized carbons (Fsp3) is 0.385. The predicted molar refractivity (Wildman–Crippen MR) is 66.7 cm³/mol. The van der Waals surface area contributed by atoms with Crippen LogP contribution in [-0.4, -0.2) is 30.6 Å². The summed E-state index contributed by atoms with van der Waals surface area (Å²) >= 11 is 0. The summed E-state index contributed by atoms with van der Waals surface area (Å²) in [6.07, 6.45) is -0.0684. The highest BCUT2D eigenvalue weighted by Gasteiger charge is 2.14. The van der Waals surface area contributed by atoms with E-state index in [9.17, 15) is 9.59 Å². The highest BCUT2D eigenvalue weighted by Crippen LogP contribution is 2.19. The van der Waals surface area contributed by atoms with Crippen molar-refractivity contribution in [2.45, 2.75) is 19.3 Å². The molecule has 0 aliphatic heterocycles. The van der Waals surface area contributed by atoms with Crippen LogP contribution in [0.5, 0.6) is 5.75 Å². The van der Waals surface area contributed by atoms with Gasteiger partial charge in [0.15, 0.2) is 0 Å². The van der Waals surface area contributed by atoms with Crippen LogP contribution in [0.1, 0.15) is 24.8 Å². The van der Waals surface area contributed by atoms with Crippen molar-refractivity contribution in [3.8, 4) is 5.75 Å². The molecule has 1 amide bonds. The summed E-state index contributed by atoms with van der Waals surface area (Å²) in [7, 11) is 1.58. The second-order valence-electron chi connectivity index (χ2n) is 3.93. The molecule has 0 unspecified atom stereocenters. The van der Waals surface area contributed by atoms with Crippen molar-refractivity contribution >= 4 is 11.9 Å². The van der Waals surface area contributed by atoms with Gasteiger partial charge in [0.25, 0.3) is 0 Å². The lowest BCUT2D eigenvalue weighted by atomic mass is 10.0. The van der Waals surface area contributed by atoms with Crippen LogP contribution in [0.4, 0.5) is 0 Å². The van der Waals surface area contributed by atoms with Crippen molar-refractivity contribution in [2.75, 3.05) is 13.7 Å². The van der Waals surface area contributed by atoms with E-state index in [0.29, 0.717) is 0 Å². The average Bonchev–Trinajstić information content (AvgIpc) is 2.37. The molecule has 0 aliphatic carbocycles. The zero-order chi connectivity index (χ0) is 13.5. The summed E-state index contributed by atoms with van der Waals surface area (Å²) in [5, 5.41) is 11.1. The van der Waals surface area contributed by atoms with Crippen LogP contribution in [0.3, 0.4) is 0 Å². The van der Waals surface area contributed by atoms with Crippen LogP contribution < -0.4 is 10.1 Å². The molecule has 1 aromatic carbocycles. The van der Waals surface area contributed by atoms with Crippen molar-refractivity contribution in [2.24, 2.45) is 0 Å². The molecule has 1 rings (SSSR count). The van der Waals surface area contributed by atoms with Gasteiger partial charge < -0.3 is 15.2 Å². The molecule has 2 N–H and O–H groups in total. The number of carboxylic acid groups (broad SMARTS) is 1. The number of nitrogens with one attached hydrogen (secondary N) is 1. The zero-order valence-electron chi connectivity index (χ0n) is 10.5. The first-order valence-corrected chi connectivity index (χ1v) is 5.68. The summed E-state index contributed by atoms with van der Waals surface area (Å²) in [6, 6.07) is 7.22. The number of carboxylic acids is 1. The average molecular weight is 251 g/mol. The SMILES string of the molecule is COc1ccc([C@@H](C)C(=O)NCCC(=O)O)cc1. The standard InChI is InChI=1S/C13H17NO4/c1-9(13(17)14-8-7-12(15)16)10-3-5-11(18-2)6-4-10/h3-6,9H,7-8H2,1-2H3,(H,14,17)(H,15,16)/t9-/m1/s1. The molecule has 0 aromatic heterocycles. The van der Waals surface area contributed by atoms with E-state index in [2.05, 4.69) is 5.32 Å². The number of methoxy groups -OCH3 is 1. The van der Waals surface area contributed by atoms with Gasteiger partial charge in [0, 0.05) is 6.54 Å². The summed E-state index contributed by atoms with van der Waals surface area (Å²) < 4.78 is 5.03. The minimum absolute atomic E-state index is 0.0684. The molecule has 18 heavy (non-hydrogen) atoms. The minimum Gasteiger partial charge on any atom is -0.497 e. The maximum absolute atomic E-state index is 11.7. The van der Waals surface area contributed by atoms with E-state index in [1.165, 1.54) is 0 Å². The van der Waals surface area contributed by atoms with Gasteiger partial charge in [-0.2, -0.15) is 0 Å². The van der Waals surface area contributed by atoms with Crippen LogP contribution >= 0.6 is 0 Å². The molecule has 0 fully saturated rings. The molecule has 0 radical (unpaired) electrons. The normalized spacial score (nSPS) is 11.7. The fourth-order valence-electron chi connectivity index (χ4n) is 1.49. The van der Waals surface area contributed by atoms with E-state index >= 15 is 0 Å². The third kappa shape index (κ3) is 4.08. The maximum Gasteiger partial charge on any atom is 0.305 e. The highest BCUT2D eigenvalue weighted by molar-refractivity contribution is 5.83. The van der Waals surface area contributed by atoms with E-state index in [-0.39, 0.29) is 24.8 Å². The smallest absolute Gasteiger partial charge is 0.305 e. The van der Waals surface area contributed by atoms with Crippen molar-refractivity contribution in [3.05, 3.63) is 29.8 Å². The molecular weight excluding hydrogens is 234 g/mol. The molecule has 5 nitrogen and oxygen atoms in total. The monoisotopic (exact) mass is 251 g/mol. The summed E-state index contributed by atoms with van der Waals surface area (Å²) in [5.41, 5.74) is 0.864. The second-order valence-corrected chi connectivity index (χ2v) is 3.93. The molecule has 0 saturated heterocycles. The van der Waals surface area contributed by atoms with E-state index in [0.717, 1.165) is 11.3 Å². The molecule has 0 spiro atoms. The lowest BCUT2D eigenvalue weighted by Crippen LogP contribution is -2.29. The molecule has 0 aliphatic rings. The zero-order valence-corrected chi connectivity index (χ0v) is 10.5. The lowest BCUT2D eigenvalue weighted by Gasteiger charge is -2.12. The Kier molecular flexibility index (Phi) is 5.17. The Bertz CT molecular complexity index is 414. The number of amides is 1. The largest absolute Gasteiger partial charge is 0.497 e. The number of carbonyl (C=O) groups is 2. The van der Waals surface area contributed by atoms with Crippen molar-refractivity contribution in [1.29, 1.82) is 0 Å². The third-order valence-corrected chi connectivity index (χ3v) is 2.65. The maximum atomic E-state index is 11.7. The first kappa shape index (κ1) is 14.0. The number of ether oxygens (including phenoxy) is 1. The number of hydrogen-bond donors (Lipinski definition) is 2. The van der Waals surface area contributed by atoms with Gasteiger partial charge in [-0.15, -0.1) is 0 Å². The Morgan fingerprint density at radius 3 is 2.44 bits per heavy atom. The fourth-order valence-corrected chi connectivity index (χ4v) is 1.49. The van der Waals surface area contributed by atoms with E-state index in [1.54, 1.807) is 26.2 Å². The molecule has 98 valence electrons. The van der Waals surface area contributed by atoms with Crippen LogP contribution in [0, 0.1) is 0 Å². The van der Waals surface area contributed by atoms with Gasteiger partial charge in [-0.1, -0.05) is 12.1 Å². The molecular formula is C13H17NO4. The highest BCUT2D eigenvalue weighted by atomic mass is 16.5. The predicted octanol–water partition coefficient (Wildman–Crippen LogP) is 1.39. The van der Waals surface area contributed by atoms with Gasteiger partial charge in [-0.3, -0.25) is 9.59 Å². The molecule has 1 aromatic rings. The number of carbonyl (C=O) groups excluding carboxylic acids is 1. The van der Waals surface area contributed by atoms with Gasteiger partial charge >= 0.3 is 5.97 Å². The van der Waals surface area contributed by atoms with Gasteiger partial charge in [0.1, 0.15) is 5.75 Å². The third-order valence-electron chi connectivity index (χ3n) is 2.65. The Morgan fingerprint density at radius 2 is 1.94 bits per heavy atom. The summed E-state index contributed by atoms with van der Waals surface area (Å²) in [6.45, 7) is 1.92. The van der Waals surface area contributed by atoms with Crippen molar-refractivity contribution in [1.82, 2.24) is 5.32 Å². The van der Waals surface area contributed by atoms with Gasteiger partial charge in [0.2, 0.25) is 5.91 Å². The quantitative estimate of drug-likeness (QED) is 0.801. The summed E-state index contributed by atoms with van der Waals surface area (Å²) in [5.74, 6) is -0.684. The van der Waals surface area contributed by atoms with Crippen molar-refractivity contribution in [3.63, 3.8) is 0 Å². The number of hydrogen-bond acceptors (Lipinski definition) is 3. The summed E-state index contributed by atoms with van der Waals surface area (Å²) in [4.78, 5) is 22.1. The van der Waals surface area contributed by atoms with Gasteiger partial charge in [0.05, 0.1) is 19.4 Å². The van der Waals surface area contributed by atoms with E-state index < -0.39 is 5.97 Å². The topological polar surface area (TPSA) is 75.6 Å². The first-order valence-electron chi connectivity index (χ1n) is 5.68. The van der Waals surface area contributed by atoms with Crippen LogP contribution in [0.25, 0.3) is 0 Å². The Morgan fingerprint density at radius 1 is 1.33 bits per heavy atom. The van der Waals surface area contributed by atoms with Crippen LogP contribution in [0.15, 0.2) is 24.3 Å². The first-order chi connectivity index (χ1) is 8.54. The molecule has 5 heteroatoms. The minimum atomic E-state index is -0.924. The lowest BCUT2D eigenvalue weighted by molar-refractivity contribution is -0.136. The van der Waals surface area contributed by atoms with Crippen molar-refractivity contribution < 1.29 is 19.4 Å². The number of benzene rings is 1. The second kappa shape index (κ2) is 6.64. The number of rotatable bonds is 6. The molecule has 0 bridgehead atoms. The Hall–Kier alpha value is -2.04. The molecule has 0 heterocycles.